The number of amides is 1. The van der Waals surface area contributed by atoms with Gasteiger partial charge in [0.05, 0.1) is 11.0 Å². The van der Waals surface area contributed by atoms with Crippen molar-refractivity contribution in [3.63, 3.8) is 0 Å². The summed E-state index contributed by atoms with van der Waals surface area (Å²) in [6.07, 6.45) is 0.427. The molecule has 0 unspecified atom stereocenters. The molecular weight excluding hydrogens is 228 g/mol. The Morgan fingerprint density at radius 1 is 1.44 bits per heavy atom. The second-order valence-corrected chi connectivity index (χ2v) is 4.65. The van der Waals surface area contributed by atoms with E-state index in [4.69, 9.17) is 5.73 Å². The maximum absolute atomic E-state index is 11.6. The molecule has 0 saturated carbocycles. The zero-order chi connectivity index (χ0) is 13.3. The van der Waals surface area contributed by atoms with E-state index in [1.807, 2.05) is 29.7 Å². The lowest BCUT2D eigenvalue weighted by Crippen LogP contribution is -2.23. The van der Waals surface area contributed by atoms with Gasteiger partial charge in [-0.3, -0.25) is 4.79 Å². The number of benzene rings is 1. The van der Waals surface area contributed by atoms with Crippen molar-refractivity contribution in [1.29, 1.82) is 0 Å². The lowest BCUT2D eigenvalue weighted by molar-refractivity contribution is -0.128. The molecule has 96 valence electrons. The Morgan fingerprint density at radius 3 is 2.83 bits per heavy atom. The number of nitrogens with two attached hydrogens (primary N) is 1. The number of imidazole rings is 1. The number of carbonyl (C=O) groups is 1. The van der Waals surface area contributed by atoms with Crippen LogP contribution in [-0.4, -0.2) is 34.5 Å². The maximum atomic E-state index is 11.6. The summed E-state index contributed by atoms with van der Waals surface area (Å²) in [7, 11) is 3.50. The van der Waals surface area contributed by atoms with Gasteiger partial charge in [-0.2, -0.15) is 0 Å². The van der Waals surface area contributed by atoms with Crippen LogP contribution in [0.3, 0.4) is 0 Å². The molecule has 2 rings (SSSR count). The van der Waals surface area contributed by atoms with E-state index in [9.17, 15) is 4.79 Å². The van der Waals surface area contributed by atoms with Gasteiger partial charge in [0.1, 0.15) is 0 Å². The minimum Gasteiger partial charge on any atom is -0.369 e. The molecule has 0 bridgehead atoms. The first-order valence-electron chi connectivity index (χ1n) is 5.91. The van der Waals surface area contributed by atoms with Gasteiger partial charge in [0.2, 0.25) is 11.9 Å². The molecule has 0 radical (unpaired) electrons. The van der Waals surface area contributed by atoms with Crippen molar-refractivity contribution in [2.45, 2.75) is 19.9 Å². The van der Waals surface area contributed by atoms with Crippen molar-refractivity contribution in [2.75, 3.05) is 19.8 Å². The van der Waals surface area contributed by atoms with Crippen LogP contribution in [0, 0.1) is 6.92 Å². The fourth-order valence-corrected chi connectivity index (χ4v) is 1.92. The number of hydrogen-bond donors (Lipinski definition) is 1. The average Bonchev–Trinajstić information content (AvgIpc) is 2.61. The lowest BCUT2D eigenvalue weighted by Gasteiger charge is -2.11. The minimum atomic E-state index is 0.0869. The van der Waals surface area contributed by atoms with E-state index in [1.54, 1.807) is 19.0 Å². The number of nitrogen functional groups attached to an aromatic ring is 1. The molecule has 1 aromatic heterocycles. The van der Waals surface area contributed by atoms with E-state index < -0.39 is 0 Å². The third kappa shape index (κ3) is 2.30. The second-order valence-electron chi connectivity index (χ2n) is 4.65. The van der Waals surface area contributed by atoms with Gasteiger partial charge in [-0.25, -0.2) is 4.98 Å². The Bertz CT molecular complexity index is 586. The van der Waals surface area contributed by atoms with Gasteiger partial charge in [-0.05, 0) is 24.6 Å². The third-order valence-corrected chi connectivity index (χ3v) is 2.98. The normalized spacial score (nSPS) is 10.8. The molecule has 0 spiro atoms. The monoisotopic (exact) mass is 246 g/mol. The summed E-state index contributed by atoms with van der Waals surface area (Å²) in [5.41, 5.74) is 8.90. The smallest absolute Gasteiger partial charge is 0.223 e. The van der Waals surface area contributed by atoms with Crippen LogP contribution in [0.4, 0.5) is 5.95 Å². The van der Waals surface area contributed by atoms with E-state index >= 15 is 0 Å². The molecule has 18 heavy (non-hydrogen) atoms. The molecule has 1 amide bonds. The molecule has 0 aliphatic rings. The molecule has 2 aromatic rings. The van der Waals surface area contributed by atoms with Crippen molar-refractivity contribution in [3.05, 3.63) is 23.8 Å². The number of aryl methyl sites for hydroxylation is 2. The summed E-state index contributed by atoms with van der Waals surface area (Å²) >= 11 is 0. The molecule has 2 N–H and O–H groups in total. The van der Waals surface area contributed by atoms with Crippen molar-refractivity contribution in [2.24, 2.45) is 0 Å². The first kappa shape index (κ1) is 12.4. The zero-order valence-corrected chi connectivity index (χ0v) is 11.0. The van der Waals surface area contributed by atoms with Crippen molar-refractivity contribution in [3.8, 4) is 0 Å². The fourth-order valence-electron chi connectivity index (χ4n) is 1.92. The molecule has 0 fully saturated rings. The first-order chi connectivity index (χ1) is 8.49. The quantitative estimate of drug-likeness (QED) is 0.890. The number of nitrogens with zero attached hydrogens (tertiary/aromatic N) is 3. The number of carbonyl (C=O) groups excluding carboxylic acids is 1. The number of rotatable bonds is 3. The average molecular weight is 246 g/mol. The van der Waals surface area contributed by atoms with E-state index in [2.05, 4.69) is 4.98 Å². The summed E-state index contributed by atoms with van der Waals surface area (Å²) < 4.78 is 1.89. The predicted molar refractivity (Wildman–Crippen MR) is 72.2 cm³/mol. The summed E-state index contributed by atoms with van der Waals surface area (Å²) in [6.45, 7) is 2.58. The van der Waals surface area contributed by atoms with Gasteiger partial charge in [-0.1, -0.05) is 6.07 Å². The fraction of sp³-hybridized carbons (Fsp3) is 0.385. The molecule has 0 aliphatic heterocycles. The van der Waals surface area contributed by atoms with E-state index in [0.717, 1.165) is 16.6 Å². The Morgan fingerprint density at radius 2 is 2.17 bits per heavy atom. The van der Waals surface area contributed by atoms with E-state index in [-0.39, 0.29) is 5.91 Å². The van der Waals surface area contributed by atoms with Crippen LogP contribution in [-0.2, 0) is 11.3 Å². The van der Waals surface area contributed by atoms with Crippen LogP contribution in [0.15, 0.2) is 18.2 Å². The van der Waals surface area contributed by atoms with Crippen LogP contribution in [0.1, 0.15) is 12.0 Å². The Balaban J connectivity index is 2.29. The number of hydrogen-bond acceptors (Lipinski definition) is 3. The summed E-state index contributed by atoms with van der Waals surface area (Å²) in [5.74, 6) is 0.547. The topological polar surface area (TPSA) is 64.1 Å². The highest BCUT2D eigenvalue weighted by Gasteiger charge is 2.10. The van der Waals surface area contributed by atoms with Gasteiger partial charge < -0.3 is 15.2 Å². The highest BCUT2D eigenvalue weighted by molar-refractivity contribution is 5.80. The second kappa shape index (κ2) is 4.68. The highest BCUT2D eigenvalue weighted by atomic mass is 16.2. The van der Waals surface area contributed by atoms with Crippen LogP contribution < -0.4 is 5.73 Å². The van der Waals surface area contributed by atoms with Crippen LogP contribution in [0.25, 0.3) is 11.0 Å². The first-order valence-corrected chi connectivity index (χ1v) is 5.91. The summed E-state index contributed by atoms with van der Waals surface area (Å²) in [4.78, 5) is 17.5. The SMILES string of the molecule is Cc1ccc2nc(N)n(CCC(=O)N(C)C)c2c1. The van der Waals surface area contributed by atoms with Crippen LogP contribution in [0.5, 0.6) is 0 Å². The summed E-state index contributed by atoms with van der Waals surface area (Å²) in [6, 6.07) is 5.99. The summed E-state index contributed by atoms with van der Waals surface area (Å²) in [5, 5.41) is 0. The molecule has 1 aromatic carbocycles. The van der Waals surface area contributed by atoms with Crippen molar-refractivity contribution < 1.29 is 4.79 Å². The number of aromatic nitrogens is 2. The van der Waals surface area contributed by atoms with Gasteiger partial charge >= 0.3 is 0 Å². The molecule has 0 aliphatic carbocycles. The molecule has 0 saturated heterocycles. The van der Waals surface area contributed by atoms with E-state index in [1.165, 1.54) is 0 Å². The third-order valence-electron chi connectivity index (χ3n) is 2.98. The molecular formula is C13H18N4O. The molecule has 5 nitrogen and oxygen atoms in total. The zero-order valence-electron chi connectivity index (χ0n) is 11.0. The maximum Gasteiger partial charge on any atom is 0.223 e. The van der Waals surface area contributed by atoms with E-state index in [0.29, 0.717) is 18.9 Å². The highest BCUT2D eigenvalue weighted by Crippen LogP contribution is 2.19. The Labute approximate surface area is 106 Å². The molecule has 5 heteroatoms. The minimum absolute atomic E-state index is 0.0869. The lowest BCUT2D eigenvalue weighted by atomic mass is 10.2. The number of fused-ring (bicyclic) bond motifs is 1. The van der Waals surface area contributed by atoms with Crippen molar-refractivity contribution in [1.82, 2.24) is 14.5 Å². The van der Waals surface area contributed by atoms with Gasteiger partial charge in [0.15, 0.2) is 0 Å². The van der Waals surface area contributed by atoms with Gasteiger partial charge in [0, 0.05) is 27.1 Å². The predicted octanol–water partition coefficient (Wildman–Crippen LogP) is 1.41. The standard InChI is InChI=1S/C13H18N4O/c1-9-4-5-10-11(8-9)17(13(14)15-10)7-6-12(18)16(2)3/h4-5,8H,6-7H2,1-3H3,(H2,14,15). The largest absolute Gasteiger partial charge is 0.369 e. The molecule has 0 atom stereocenters. The Hall–Kier alpha value is -2.04. The van der Waals surface area contributed by atoms with Gasteiger partial charge in [0.25, 0.3) is 0 Å². The van der Waals surface area contributed by atoms with Crippen LogP contribution in [0.2, 0.25) is 0 Å². The van der Waals surface area contributed by atoms with Crippen LogP contribution >= 0.6 is 0 Å². The van der Waals surface area contributed by atoms with Crippen molar-refractivity contribution >= 4 is 22.9 Å². The van der Waals surface area contributed by atoms with Gasteiger partial charge in [-0.15, -0.1) is 0 Å². The number of anilines is 1. The molecule has 1 heterocycles. The Kier molecular flexibility index (Phi) is 3.23.